The number of benzene rings is 2. The molecule has 7 heteroatoms. The fraction of sp³-hybridized carbons (Fsp3) is 0.263. The Bertz CT molecular complexity index is 991. The maximum atomic E-state index is 14.1. The molecule has 2 atom stereocenters. The van der Waals surface area contributed by atoms with Crippen LogP contribution in [0.15, 0.2) is 41.4 Å². The Morgan fingerprint density at radius 1 is 1.31 bits per heavy atom. The summed E-state index contributed by atoms with van der Waals surface area (Å²) in [5.74, 6) is -0.205. The fourth-order valence-corrected chi connectivity index (χ4v) is 4.68. The van der Waals surface area contributed by atoms with Crippen molar-refractivity contribution in [3.8, 4) is 0 Å². The van der Waals surface area contributed by atoms with Gasteiger partial charge in [-0.15, -0.1) is 0 Å². The molecule has 3 aliphatic heterocycles. The second kappa shape index (κ2) is 5.20. The van der Waals surface area contributed by atoms with Crippen LogP contribution < -0.4 is 11.1 Å². The molecule has 1 spiro atoms. The minimum Gasteiger partial charge on any atom is -0.383 e. The second-order valence-corrected chi connectivity index (χ2v) is 7.39. The van der Waals surface area contributed by atoms with E-state index in [1.807, 2.05) is 11.0 Å². The number of hydrogen-bond acceptors (Lipinski definition) is 4. The average Bonchev–Trinajstić information content (AvgIpc) is 2.87. The maximum absolute atomic E-state index is 14.1. The van der Waals surface area contributed by atoms with Crippen LogP contribution in [-0.4, -0.2) is 28.9 Å². The van der Waals surface area contributed by atoms with Gasteiger partial charge in [-0.05, 0) is 24.3 Å². The average molecular weight is 371 g/mol. The molecule has 2 aromatic rings. The topological polar surface area (TPSA) is 70.7 Å². The van der Waals surface area contributed by atoms with Gasteiger partial charge in [-0.2, -0.15) is 0 Å². The highest BCUT2D eigenvalue weighted by atomic mass is 35.5. The largest absolute Gasteiger partial charge is 0.383 e. The van der Waals surface area contributed by atoms with E-state index in [2.05, 4.69) is 10.3 Å². The van der Waals surface area contributed by atoms with Crippen LogP contribution in [0.3, 0.4) is 0 Å². The number of anilines is 1. The number of aliphatic imine (C=N–C) groups is 1. The first-order valence-corrected chi connectivity index (χ1v) is 8.89. The van der Waals surface area contributed by atoms with Crippen LogP contribution in [0.1, 0.15) is 40.4 Å². The van der Waals surface area contributed by atoms with Gasteiger partial charge in [-0.3, -0.25) is 4.79 Å². The van der Waals surface area contributed by atoms with Crippen molar-refractivity contribution < 1.29 is 9.18 Å². The standard InChI is InChI=1S/C19H16ClFN4O/c20-11-4-1-3-10-15(11)14-9-19(7-8-25(14)18(10)26)23-13-6-2-5-12(21)16(13)17(22)24-19/h1-6,14,23H,7-9H2,(H2,22,24)/t14-,19+/m0/s1. The van der Waals surface area contributed by atoms with Crippen molar-refractivity contribution in [3.63, 3.8) is 0 Å². The van der Waals surface area contributed by atoms with Crippen molar-refractivity contribution in [1.82, 2.24) is 4.90 Å². The predicted octanol–water partition coefficient (Wildman–Crippen LogP) is 3.30. The molecule has 3 N–H and O–H groups in total. The quantitative estimate of drug-likeness (QED) is 0.747. The summed E-state index contributed by atoms with van der Waals surface area (Å²) >= 11 is 6.40. The molecule has 1 fully saturated rings. The minimum absolute atomic E-state index is 0.00144. The number of rotatable bonds is 0. The van der Waals surface area contributed by atoms with Crippen LogP contribution >= 0.6 is 11.6 Å². The van der Waals surface area contributed by atoms with Gasteiger partial charge in [0, 0.05) is 41.2 Å². The van der Waals surface area contributed by atoms with Crippen molar-refractivity contribution in [2.45, 2.75) is 24.5 Å². The molecule has 5 rings (SSSR count). The number of carbonyl (C=O) groups is 1. The summed E-state index contributed by atoms with van der Waals surface area (Å²) in [6, 6.07) is 10.1. The van der Waals surface area contributed by atoms with E-state index in [-0.39, 0.29) is 17.8 Å². The van der Waals surface area contributed by atoms with Gasteiger partial charge in [-0.25, -0.2) is 9.38 Å². The smallest absolute Gasteiger partial charge is 0.254 e. The van der Waals surface area contributed by atoms with E-state index in [4.69, 9.17) is 17.3 Å². The second-order valence-electron chi connectivity index (χ2n) is 6.99. The molecule has 1 amide bonds. The summed E-state index contributed by atoms with van der Waals surface area (Å²) in [5, 5.41) is 3.96. The lowest BCUT2D eigenvalue weighted by Crippen LogP contribution is -2.51. The monoisotopic (exact) mass is 370 g/mol. The van der Waals surface area contributed by atoms with Gasteiger partial charge in [0.15, 0.2) is 0 Å². The number of halogens is 2. The number of piperidine rings is 1. The highest BCUT2D eigenvalue weighted by molar-refractivity contribution is 6.32. The fourth-order valence-electron chi connectivity index (χ4n) is 4.38. The van der Waals surface area contributed by atoms with Crippen LogP contribution in [0.4, 0.5) is 10.1 Å². The lowest BCUT2D eigenvalue weighted by molar-refractivity contribution is 0.0606. The van der Waals surface area contributed by atoms with Crippen LogP contribution in [0.25, 0.3) is 0 Å². The van der Waals surface area contributed by atoms with E-state index < -0.39 is 11.5 Å². The number of amidine groups is 1. The Morgan fingerprint density at radius 3 is 2.96 bits per heavy atom. The number of nitrogens with two attached hydrogens (primary N) is 1. The van der Waals surface area contributed by atoms with Gasteiger partial charge >= 0.3 is 0 Å². The Hall–Kier alpha value is -2.60. The van der Waals surface area contributed by atoms with Crippen LogP contribution in [0, 0.1) is 5.82 Å². The van der Waals surface area contributed by atoms with Crippen LogP contribution in [0.2, 0.25) is 5.02 Å². The SMILES string of the molecule is NC1=N[C@@]2(CCN3C(=O)c4cccc(Cl)c4[C@@H]3C2)Nc2cccc(F)c21. The zero-order valence-electron chi connectivity index (χ0n) is 13.8. The van der Waals surface area contributed by atoms with E-state index >= 15 is 0 Å². The molecule has 132 valence electrons. The summed E-state index contributed by atoms with van der Waals surface area (Å²) in [5.41, 5.74) is 7.87. The summed E-state index contributed by atoms with van der Waals surface area (Å²) < 4.78 is 14.1. The molecule has 0 unspecified atom stereocenters. The molecule has 1 saturated heterocycles. The molecular weight excluding hydrogens is 355 g/mol. The molecule has 0 radical (unpaired) electrons. The highest BCUT2D eigenvalue weighted by Gasteiger charge is 2.49. The van der Waals surface area contributed by atoms with Crippen molar-refractivity contribution in [1.29, 1.82) is 0 Å². The third-order valence-electron chi connectivity index (χ3n) is 5.52. The third kappa shape index (κ3) is 2.02. The van der Waals surface area contributed by atoms with Crippen molar-refractivity contribution >= 4 is 29.0 Å². The molecule has 0 bridgehead atoms. The molecule has 5 nitrogen and oxygen atoms in total. The Labute approximate surface area is 154 Å². The van der Waals surface area contributed by atoms with E-state index in [1.165, 1.54) is 6.07 Å². The van der Waals surface area contributed by atoms with Gasteiger partial charge < -0.3 is 16.0 Å². The van der Waals surface area contributed by atoms with Crippen LogP contribution in [0.5, 0.6) is 0 Å². The number of amides is 1. The van der Waals surface area contributed by atoms with E-state index in [1.54, 1.807) is 24.3 Å². The van der Waals surface area contributed by atoms with E-state index in [9.17, 15) is 9.18 Å². The Kier molecular flexibility index (Phi) is 3.13. The zero-order chi connectivity index (χ0) is 18.1. The molecular formula is C19H16ClFN4O. The molecule has 3 heterocycles. The van der Waals surface area contributed by atoms with Crippen molar-refractivity contribution in [2.24, 2.45) is 10.7 Å². The number of nitrogens with one attached hydrogen (secondary N) is 1. The van der Waals surface area contributed by atoms with Gasteiger partial charge in [0.05, 0.1) is 11.6 Å². The van der Waals surface area contributed by atoms with Crippen LogP contribution in [-0.2, 0) is 0 Å². The highest BCUT2D eigenvalue weighted by Crippen LogP contribution is 2.48. The van der Waals surface area contributed by atoms with Gasteiger partial charge in [0.1, 0.15) is 17.3 Å². The molecule has 26 heavy (non-hydrogen) atoms. The van der Waals surface area contributed by atoms with Crippen molar-refractivity contribution in [3.05, 3.63) is 63.9 Å². The summed E-state index contributed by atoms with van der Waals surface area (Å²) in [7, 11) is 0. The predicted molar refractivity (Wildman–Crippen MR) is 97.9 cm³/mol. The zero-order valence-corrected chi connectivity index (χ0v) is 14.6. The number of fused-ring (bicyclic) bond motifs is 4. The lowest BCUT2D eigenvalue weighted by Gasteiger charge is -2.45. The Morgan fingerprint density at radius 2 is 2.12 bits per heavy atom. The first-order valence-electron chi connectivity index (χ1n) is 8.51. The van der Waals surface area contributed by atoms with E-state index in [0.717, 1.165) is 5.56 Å². The minimum atomic E-state index is -0.674. The number of nitrogens with zero attached hydrogens (tertiary/aromatic N) is 2. The van der Waals surface area contributed by atoms with Gasteiger partial charge in [0.25, 0.3) is 5.91 Å². The molecule has 0 aliphatic carbocycles. The van der Waals surface area contributed by atoms with Gasteiger partial charge in [0.2, 0.25) is 0 Å². The molecule has 0 aromatic heterocycles. The maximum Gasteiger partial charge on any atom is 0.254 e. The first kappa shape index (κ1) is 15.6. The summed E-state index contributed by atoms with van der Waals surface area (Å²) in [6.07, 6.45) is 1.13. The Balaban J connectivity index is 1.58. The normalized spacial score (nSPS) is 26.1. The number of hydrogen-bond donors (Lipinski definition) is 2. The summed E-state index contributed by atoms with van der Waals surface area (Å²) in [4.78, 5) is 19.2. The number of carbonyl (C=O) groups excluding carboxylic acids is 1. The lowest BCUT2D eigenvalue weighted by atomic mass is 9.87. The molecule has 0 saturated carbocycles. The molecule has 2 aromatic carbocycles. The van der Waals surface area contributed by atoms with E-state index in [0.29, 0.717) is 41.2 Å². The van der Waals surface area contributed by atoms with Gasteiger partial charge in [-0.1, -0.05) is 23.7 Å². The third-order valence-corrected chi connectivity index (χ3v) is 5.85. The first-order chi connectivity index (χ1) is 12.5. The van der Waals surface area contributed by atoms with Crippen molar-refractivity contribution in [2.75, 3.05) is 11.9 Å². The summed E-state index contributed by atoms with van der Waals surface area (Å²) in [6.45, 7) is 0.531. The molecule has 3 aliphatic rings.